The Hall–Kier alpha value is -3.63. The number of ether oxygens (including phenoxy) is 1. The summed E-state index contributed by atoms with van der Waals surface area (Å²) in [6.45, 7) is 2.36. The van der Waals surface area contributed by atoms with Crippen molar-refractivity contribution in [3.63, 3.8) is 0 Å². The molecule has 2 N–H and O–H groups in total. The van der Waals surface area contributed by atoms with E-state index < -0.39 is 0 Å². The van der Waals surface area contributed by atoms with E-state index in [2.05, 4.69) is 25.9 Å². The molecule has 8 nitrogen and oxygen atoms in total. The normalized spacial score (nSPS) is 11.1. The number of hydrogen-bond acceptors (Lipinski definition) is 7. The van der Waals surface area contributed by atoms with Crippen molar-refractivity contribution in [1.82, 2.24) is 30.4 Å². The molecule has 32 heavy (non-hydrogen) atoms. The van der Waals surface area contributed by atoms with Crippen molar-refractivity contribution in [2.75, 3.05) is 7.11 Å². The Bertz CT molecular complexity index is 1280. The van der Waals surface area contributed by atoms with Crippen LogP contribution in [0.4, 0.5) is 0 Å². The molecular formula is C22H20N6O2S2. The van der Waals surface area contributed by atoms with E-state index in [1.807, 2.05) is 55.5 Å². The van der Waals surface area contributed by atoms with Crippen molar-refractivity contribution in [1.29, 1.82) is 0 Å². The first-order chi connectivity index (χ1) is 15.5. The van der Waals surface area contributed by atoms with Gasteiger partial charge in [-0.25, -0.2) is 0 Å². The second kappa shape index (κ2) is 9.67. The maximum Gasteiger partial charge on any atom is 0.250 e. The van der Waals surface area contributed by atoms with Crippen molar-refractivity contribution in [2.45, 2.75) is 13.5 Å². The van der Waals surface area contributed by atoms with Crippen LogP contribution in [0.1, 0.15) is 17.0 Å². The van der Waals surface area contributed by atoms with Crippen LogP contribution in [0.5, 0.6) is 5.75 Å². The van der Waals surface area contributed by atoms with Gasteiger partial charge in [-0.2, -0.15) is 9.61 Å². The van der Waals surface area contributed by atoms with E-state index in [0.29, 0.717) is 6.54 Å². The number of aryl methyl sites for hydroxylation is 1. The number of nitrogens with zero attached hydrogens (tertiary/aromatic N) is 4. The Morgan fingerprint density at radius 1 is 1.16 bits per heavy atom. The summed E-state index contributed by atoms with van der Waals surface area (Å²) in [7, 11) is 1.61. The minimum absolute atomic E-state index is 0.266. The summed E-state index contributed by atoms with van der Waals surface area (Å²) in [6.07, 6.45) is 3.15. The summed E-state index contributed by atoms with van der Waals surface area (Å²) >= 11 is 6.71. The smallest absolute Gasteiger partial charge is 0.250 e. The van der Waals surface area contributed by atoms with E-state index in [-0.39, 0.29) is 11.0 Å². The molecule has 0 bridgehead atoms. The Morgan fingerprint density at radius 2 is 1.91 bits per heavy atom. The lowest BCUT2D eigenvalue weighted by Gasteiger charge is -2.08. The fraction of sp³-hybridized carbons (Fsp3) is 0.136. The van der Waals surface area contributed by atoms with Crippen LogP contribution >= 0.6 is 23.6 Å². The third kappa shape index (κ3) is 5.16. The SMILES string of the molecule is COc1ccc(/C=C/C(=O)NC(=S)NCc2ccc(-c3nn4c(C)nnc4s3)cc2)cc1. The molecule has 0 atom stereocenters. The lowest BCUT2D eigenvalue weighted by Crippen LogP contribution is -2.37. The summed E-state index contributed by atoms with van der Waals surface area (Å²) in [5.74, 6) is 1.23. The zero-order valence-corrected chi connectivity index (χ0v) is 19.0. The van der Waals surface area contributed by atoms with E-state index in [0.717, 1.165) is 38.2 Å². The van der Waals surface area contributed by atoms with E-state index in [4.69, 9.17) is 17.0 Å². The molecule has 4 rings (SSSR count). The predicted molar refractivity (Wildman–Crippen MR) is 128 cm³/mol. The van der Waals surface area contributed by atoms with Gasteiger partial charge in [-0.05, 0) is 48.5 Å². The summed E-state index contributed by atoms with van der Waals surface area (Å²) < 4.78 is 6.85. The van der Waals surface area contributed by atoms with Gasteiger partial charge in [-0.15, -0.1) is 10.2 Å². The van der Waals surface area contributed by atoms with Gasteiger partial charge in [-0.3, -0.25) is 10.1 Å². The highest BCUT2D eigenvalue weighted by molar-refractivity contribution is 7.80. The molecule has 1 amide bonds. The van der Waals surface area contributed by atoms with Gasteiger partial charge in [0.05, 0.1) is 7.11 Å². The molecule has 0 unspecified atom stereocenters. The molecule has 0 aliphatic carbocycles. The minimum Gasteiger partial charge on any atom is -0.497 e. The van der Waals surface area contributed by atoms with Crippen LogP contribution in [0.3, 0.4) is 0 Å². The van der Waals surface area contributed by atoms with Crippen molar-refractivity contribution in [2.24, 2.45) is 0 Å². The standard InChI is InChI=1S/C22H20N6O2S2/c1-14-25-26-22-28(14)27-20(32-22)17-8-3-16(4-9-17)13-23-21(31)24-19(29)12-7-15-5-10-18(30-2)11-6-15/h3-12H,13H2,1-2H3,(H2,23,24,29,31)/b12-7+. The molecule has 0 radical (unpaired) electrons. The number of thiocarbonyl (C=S) groups is 1. The number of rotatable bonds is 6. The Balaban J connectivity index is 1.27. The topological polar surface area (TPSA) is 93.4 Å². The summed E-state index contributed by atoms with van der Waals surface area (Å²) in [5, 5.41) is 19.5. The fourth-order valence-corrected chi connectivity index (χ4v) is 3.93. The van der Waals surface area contributed by atoms with Crippen molar-refractivity contribution >= 4 is 45.6 Å². The molecular weight excluding hydrogens is 444 g/mol. The van der Waals surface area contributed by atoms with E-state index >= 15 is 0 Å². The first kappa shape index (κ1) is 21.6. The number of carbonyl (C=O) groups is 1. The molecule has 0 saturated carbocycles. The number of benzene rings is 2. The third-order valence-electron chi connectivity index (χ3n) is 4.58. The molecule has 2 heterocycles. The van der Waals surface area contributed by atoms with Crippen LogP contribution in [-0.2, 0) is 11.3 Å². The summed E-state index contributed by atoms with van der Waals surface area (Å²) in [4.78, 5) is 12.8. The van der Waals surface area contributed by atoms with Gasteiger partial charge in [0.15, 0.2) is 10.9 Å². The fourth-order valence-electron chi connectivity index (χ4n) is 2.86. The highest BCUT2D eigenvalue weighted by atomic mass is 32.1. The minimum atomic E-state index is -0.299. The Labute approximate surface area is 193 Å². The molecule has 2 aromatic carbocycles. The molecule has 0 spiro atoms. The van der Waals surface area contributed by atoms with Gasteiger partial charge in [0.2, 0.25) is 10.9 Å². The average molecular weight is 465 g/mol. The second-order valence-corrected chi connectivity index (χ2v) is 8.19. The number of amides is 1. The highest BCUT2D eigenvalue weighted by Gasteiger charge is 2.10. The van der Waals surface area contributed by atoms with Crippen LogP contribution in [-0.4, -0.2) is 37.9 Å². The number of fused-ring (bicyclic) bond motifs is 1. The maximum absolute atomic E-state index is 12.1. The number of nitrogens with one attached hydrogen (secondary N) is 2. The first-order valence-corrected chi connectivity index (χ1v) is 10.9. The van der Waals surface area contributed by atoms with Crippen LogP contribution < -0.4 is 15.4 Å². The molecule has 0 aliphatic heterocycles. The van der Waals surface area contributed by atoms with Gasteiger partial charge in [-0.1, -0.05) is 47.7 Å². The molecule has 10 heteroatoms. The predicted octanol–water partition coefficient (Wildman–Crippen LogP) is 3.37. The van der Waals surface area contributed by atoms with E-state index in [1.54, 1.807) is 17.7 Å². The van der Waals surface area contributed by atoms with Crippen LogP contribution in [0.15, 0.2) is 54.6 Å². The van der Waals surface area contributed by atoms with Crippen LogP contribution in [0.2, 0.25) is 0 Å². The van der Waals surface area contributed by atoms with E-state index in [1.165, 1.54) is 17.4 Å². The number of hydrogen-bond donors (Lipinski definition) is 2. The van der Waals surface area contributed by atoms with Crippen molar-refractivity contribution < 1.29 is 9.53 Å². The van der Waals surface area contributed by atoms with Gasteiger partial charge < -0.3 is 10.1 Å². The van der Waals surface area contributed by atoms with Crippen molar-refractivity contribution in [3.05, 3.63) is 71.6 Å². The Kier molecular flexibility index (Phi) is 6.52. The molecule has 0 aliphatic rings. The average Bonchev–Trinajstić information content (AvgIpc) is 3.39. The summed E-state index contributed by atoms with van der Waals surface area (Å²) in [6, 6.07) is 15.4. The molecule has 2 aromatic heterocycles. The molecule has 4 aromatic rings. The maximum atomic E-state index is 12.1. The highest BCUT2D eigenvalue weighted by Crippen LogP contribution is 2.25. The zero-order valence-electron chi connectivity index (χ0n) is 17.4. The quantitative estimate of drug-likeness (QED) is 0.334. The number of aromatic nitrogens is 4. The molecule has 0 fully saturated rings. The lowest BCUT2D eigenvalue weighted by atomic mass is 10.1. The molecule has 162 valence electrons. The second-order valence-electron chi connectivity index (χ2n) is 6.82. The number of carbonyl (C=O) groups excluding carboxylic acids is 1. The largest absolute Gasteiger partial charge is 0.497 e. The van der Waals surface area contributed by atoms with Crippen LogP contribution in [0, 0.1) is 6.92 Å². The third-order valence-corrected chi connectivity index (χ3v) is 5.77. The zero-order chi connectivity index (χ0) is 22.5. The lowest BCUT2D eigenvalue weighted by molar-refractivity contribution is -0.115. The van der Waals surface area contributed by atoms with Gasteiger partial charge >= 0.3 is 0 Å². The molecule has 0 saturated heterocycles. The van der Waals surface area contributed by atoms with E-state index in [9.17, 15) is 4.79 Å². The summed E-state index contributed by atoms with van der Waals surface area (Å²) in [5.41, 5.74) is 2.92. The first-order valence-electron chi connectivity index (χ1n) is 9.71. The monoisotopic (exact) mass is 464 g/mol. The Morgan fingerprint density at radius 3 is 2.59 bits per heavy atom. The van der Waals surface area contributed by atoms with Crippen LogP contribution in [0.25, 0.3) is 21.6 Å². The van der Waals surface area contributed by atoms with Gasteiger partial charge in [0, 0.05) is 18.2 Å². The van der Waals surface area contributed by atoms with Crippen molar-refractivity contribution in [3.8, 4) is 16.3 Å². The van der Waals surface area contributed by atoms with Gasteiger partial charge in [0.1, 0.15) is 10.8 Å². The van der Waals surface area contributed by atoms with Gasteiger partial charge in [0.25, 0.3) is 0 Å². The number of methoxy groups -OCH3 is 1.